The fourth-order valence-electron chi connectivity index (χ4n) is 1.60. The van der Waals surface area contributed by atoms with Crippen LogP contribution in [0.1, 0.15) is 27.7 Å². The molecule has 0 aliphatic carbocycles. The van der Waals surface area contributed by atoms with Gasteiger partial charge >= 0.3 is 0 Å². The Hall–Kier alpha value is -1.60. The first-order valence-corrected chi connectivity index (χ1v) is 8.67. The Kier molecular flexibility index (Phi) is 5.42. The molecule has 2 rings (SSSR count). The lowest BCUT2D eigenvalue weighted by atomic mass is 10.1. The van der Waals surface area contributed by atoms with Crippen molar-refractivity contribution in [2.45, 2.75) is 42.8 Å². The van der Waals surface area contributed by atoms with Gasteiger partial charge in [0.1, 0.15) is 0 Å². The standard InChI is InChI=1S/C15H20N4OS2/c1-10(12(20)16-11-8-6-5-7-9-11)21-14-19-18-13(22-14)17-15(2,3)4/h5-10H,1-4H3,(H,16,20)(H,17,18). The highest BCUT2D eigenvalue weighted by Crippen LogP contribution is 2.30. The summed E-state index contributed by atoms with van der Waals surface area (Å²) in [5, 5.41) is 14.9. The van der Waals surface area contributed by atoms with Crippen molar-refractivity contribution in [3.63, 3.8) is 0 Å². The largest absolute Gasteiger partial charge is 0.355 e. The van der Waals surface area contributed by atoms with E-state index in [0.29, 0.717) is 0 Å². The van der Waals surface area contributed by atoms with Crippen LogP contribution in [-0.2, 0) is 4.79 Å². The van der Waals surface area contributed by atoms with Crippen molar-refractivity contribution in [2.24, 2.45) is 0 Å². The van der Waals surface area contributed by atoms with E-state index in [4.69, 9.17) is 0 Å². The fraction of sp³-hybridized carbons (Fsp3) is 0.400. The van der Waals surface area contributed by atoms with Crippen molar-refractivity contribution in [1.29, 1.82) is 0 Å². The Morgan fingerprint density at radius 2 is 1.91 bits per heavy atom. The fourth-order valence-corrected chi connectivity index (χ4v) is 3.70. The Bertz CT molecular complexity index is 622. The molecule has 1 aromatic heterocycles. The highest BCUT2D eigenvalue weighted by Gasteiger charge is 2.18. The van der Waals surface area contributed by atoms with E-state index in [9.17, 15) is 4.79 Å². The van der Waals surface area contributed by atoms with E-state index in [2.05, 4.69) is 41.6 Å². The third kappa shape index (κ3) is 5.31. The Balaban J connectivity index is 1.91. The van der Waals surface area contributed by atoms with Gasteiger partial charge in [0.25, 0.3) is 0 Å². The summed E-state index contributed by atoms with van der Waals surface area (Å²) < 4.78 is 0.780. The third-order valence-electron chi connectivity index (χ3n) is 2.58. The van der Waals surface area contributed by atoms with Crippen molar-refractivity contribution < 1.29 is 4.79 Å². The summed E-state index contributed by atoms with van der Waals surface area (Å²) in [6.07, 6.45) is 0. The molecule has 1 atom stereocenters. The average molecular weight is 336 g/mol. The molecule has 118 valence electrons. The number of nitrogens with one attached hydrogen (secondary N) is 2. The summed E-state index contributed by atoms with van der Waals surface area (Å²) in [6.45, 7) is 8.06. The predicted octanol–water partition coefficient (Wildman–Crippen LogP) is 3.87. The number of para-hydroxylation sites is 1. The molecule has 0 saturated carbocycles. The summed E-state index contributed by atoms with van der Waals surface area (Å²) >= 11 is 2.87. The van der Waals surface area contributed by atoms with Gasteiger partial charge in [-0.1, -0.05) is 41.3 Å². The van der Waals surface area contributed by atoms with E-state index >= 15 is 0 Å². The Morgan fingerprint density at radius 1 is 1.23 bits per heavy atom. The number of hydrogen-bond acceptors (Lipinski definition) is 6. The van der Waals surface area contributed by atoms with Crippen LogP contribution in [0, 0.1) is 0 Å². The van der Waals surface area contributed by atoms with Crippen LogP contribution >= 0.6 is 23.1 Å². The van der Waals surface area contributed by atoms with Crippen molar-refractivity contribution in [2.75, 3.05) is 10.6 Å². The maximum atomic E-state index is 12.2. The molecule has 1 unspecified atom stereocenters. The monoisotopic (exact) mass is 336 g/mol. The zero-order valence-electron chi connectivity index (χ0n) is 13.1. The normalized spacial score (nSPS) is 12.7. The highest BCUT2D eigenvalue weighted by molar-refractivity contribution is 8.02. The minimum Gasteiger partial charge on any atom is -0.355 e. The molecule has 0 saturated heterocycles. The number of hydrogen-bond donors (Lipinski definition) is 2. The van der Waals surface area contributed by atoms with Crippen LogP contribution in [0.4, 0.5) is 10.8 Å². The average Bonchev–Trinajstić information content (AvgIpc) is 2.84. The second-order valence-electron chi connectivity index (χ2n) is 5.86. The second kappa shape index (κ2) is 7.11. The van der Waals surface area contributed by atoms with Gasteiger partial charge < -0.3 is 10.6 Å². The number of rotatable bonds is 5. The molecule has 1 amide bonds. The smallest absolute Gasteiger partial charge is 0.237 e. The van der Waals surface area contributed by atoms with Gasteiger partial charge in [-0.05, 0) is 39.8 Å². The van der Waals surface area contributed by atoms with Crippen LogP contribution in [0.25, 0.3) is 0 Å². The number of carbonyl (C=O) groups excluding carboxylic acids is 1. The van der Waals surface area contributed by atoms with Crippen LogP contribution in [0.2, 0.25) is 0 Å². The number of anilines is 2. The molecule has 0 aliphatic heterocycles. The Labute approximate surface area is 138 Å². The lowest BCUT2D eigenvalue weighted by molar-refractivity contribution is -0.115. The van der Waals surface area contributed by atoms with Gasteiger partial charge in [-0.2, -0.15) is 0 Å². The molecule has 2 aromatic rings. The number of amides is 1. The highest BCUT2D eigenvalue weighted by atomic mass is 32.2. The van der Waals surface area contributed by atoms with Crippen LogP contribution in [0.15, 0.2) is 34.7 Å². The van der Waals surface area contributed by atoms with Crippen LogP contribution in [0.3, 0.4) is 0 Å². The number of nitrogens with zero attached hydrogens (tertiary/aromatic N) is 2. The molecule has 0 bridgehead atoms. The number of carbonyl (C=O) groups is 1. The molecule has 1 aromatic carbocycles. The SMILES string of the molecule is CC(Sc1nnc(NC(C)(C)C)s1)C(=O)Nc1ccccc1. The molecule has 0 radical (unpaired) electrons. The van der Waals surface area contributed by atoms with Crippen molar-refractivity contribution in [1.82, 2.24) is 10.2 Å². The summed E-state index contributed by atoms with van der Waals surface area (Å²) in [5.41, 5.74) is 0.741. The second-order valence-corrected chi connectivity index (χ2v) is 8.43. The molecule has 0 aliphatic rings. The van der Waals surface area contributed by atoms with Gasteiger partial charge in [0.15, 0.2) is 4.34 Å². The number of thioether (sulfide) groups is 1. The maximum absolute atomic E-state index is 12.2. The van der Waals surface area contributed by atoms with Gasteiger partial charge in [0.05, 0.1) is 5.25 Å². The molecular formula is C15H20N4OS2. The first-order valence-electron chi connectivity index (χ1n) is 6.98. The third-order valence-corrected chi connectivity index (χ3v) is 4.60. The molecule has 7 heteroatoms. The summed E-state index contributed by atoms with van der Waals surface area (Å²) in [5.74, 6) is -0.0447. The Morgan fingerprint density at radius 3 is 2.55 bits per heavy atom. The van der Waals surface area contributed by atoms with Gasteiger partial charge in [-0.15, -0.1) is 10.2 Å². The van der Waals surface area contributed by atoms with Gasteiger partial charge in [0.2, 0.25) is 11.0 Å². The van der Waals surface area contributed by atoms with E-state index in [-0.39, 0.29) is 16.7 Å². The van der Waals surface area contributed by atoms with Crippen molar-refractivity contribution in [3.05, 3.63) is 30.3 Å². The topological polar surface area (TPSA) is 66.9 Å². The number of aromatic nitrogens is 2. The zero-order chi connectivity index (χ0) is 16.2. The molecule has 2 N–H and O–H groups in total. The first kappa shape index (κ1) is 16.8. The van der Waals surface area contributed by atoms with E-state index in [1.165, 1.54) is 23.1 Å². The van der Waals surface area contributed by atoms with Crippen LogP contribution < -0.4 is 10.6 Å². The molecule has 22 heavy (non-hydrogen) atoms. The van der Waals surface area contributed by atoms with Crippen LogP contribution in [-0.4, -0.2) is 26.9 Å². The van der Waals surface area contributed by atoms with Gasteiger partial charge in [-0.3, -0.25) is 4.79 Å². The van der Waals surface area contributed by atoms with Crippen molar-refractivity contribution >= 4 is 39.8 Å². The number of benzene rings is 1. The minimum absolute atomic E-state index is 0.0447. The molecular weight excluding hydrogens is 316 g/mol. The van der Waals surface area contributed by atoms with Crippen LogP contribution in [0.5, 0.6) is 0 Å². The van der Waals surface area contributed by atoms with E-state index < -0.39 is 0 Å². The lowest BCUT2D eigenvalue weighted by Gasteiger charge is -2.18. The summed E-state index contributed by atoms with van der Waals surface area (Å²) in [4.78, 5) is 12.2. The summed E-state index contributed by atoms with van der Waals surface area (Å²) in [7, 11) is 0. The lowest BCUT2D eigenvalue weighted by Crippen LogP contribution is -2.25. The quantitative estimate of drug-likeness (QED) is 0.811. The van der Waals surface area contributed by atoms with Gasteiger partial charge in [0, 0.05) is 11.2 Å². The van der Waals surface area contributed by atoms with Gasteiger partial charge in [-0.25, -0.2) is 0 Å². The molecule has 5 nitrogen and oxygen atoms in total. The maximum Gasteiger partial charge on any atom is 0.237 e. The first-order chi connectivity index (χ1) is 10.3. The predicted molar refractivity (Wildman–Crippen MR) is 93.7 cm³/mol. The molecule has 0 spiro atoms. The van der Waals surface area contributed by atoms with Crippen molar-refractivity contribution in [3.8, 4) is 0 Å². The van der Waals surface area contributed by atoms with E-state index in [1.54, 1.807) is 0 Å². The molecule has 0 fully saturated rings. The minimum atomic E-state index is -0.240. The van der Waals surface area contributed by atoms with E-state index in [1.807, 2.05) is 37.3 Å². The van der Waals surface area contributed by atoms with E-state index in [0.717, 1.165) is 15.2 Å². The molecule has 1 heterocycles. The summed E-state index contributed by atoms with van der Waals surface area (Å²) in [6, 6.07) is 9.43. The zero-order valence-corrected chi connectivity index (χ0v) is 14.7.